The summed E-state index contributed by atoms with van der Waals surface area (Å²) in [7, 11) is 0. The van der Waals surface area contributed by atoms with Crippen molar-refractivity contribution in [2.45, 2.75) is 119 Å². The summed E-state index contributed by atoms with van der Waals surface area (Å²) in [6.07, 6.45) is 10.6. The van der Waals surface area contributed by atoms with Crippen LogP contribution in [0, 0.1) is 50.2 Å². The predicted octanol–water partition coefficient (Wildman–Crippen LogP) is 8.54. The predicted molar refractivity (Wildman–Crippen MR) is 170 cm³/mol. The fourth-order valence-corrected chi connectivity index (χ4v) is 11.6. The highest BCUT2D eigenvalue weighted by Gasteiger charge is 2.70. The second-order valence-electron chi connectivity index (χ2n) is 17.0. The minimum absolute atomic E-state index is 0.0502. The van der Waals surface area contributed by atoms with Crippen molar-refractivity contribution in [1.82, 2.24) is 0 Å². The van der Waals surface area contributed by atoms with Crippen LogP contribution in [0.5, 0.6) is 0 Å². The third-order valence-corrected chi connectivity index (χ3v) is 14.4. The first-order chi connectivity index (χ1) is 20.0. The fraction of sp³-hybridized carbons (Fsp3) is 0.711. The first-order valence-electron chi connectivity index (χ1n) is 16.8. The van der Waals surface area contributed by atoms with Crippen molar-refractivity contribution in [2.75, 3.05) is 5.32 Å². The Morgan fingerprint density at radius 1 is 0.860 bits per heavy atom. The third kappa shape index (κ3) is 4.33. The van der Waals surface area contributed by atoms with Crippen molar-refractivity contribution >= 4 is 23.3 Å². The smallest absolute Gasteiger partial charge is 0.302 e. The maximum Gasteiger partial charge on any atom is 0.302 e. The van der Waals surface area contributed by atoms with Crippen molar-refractivity contribution in [2.24, 2.45) is 50.2 Å². The van der Waals surface area contributed by atoms with E-state index in [1.165, 1.54) is 12.5 Å². The number of amides is 1. The third-order valence-electron chi connectivity index (χ3n) is 14.4. The molecule has 0 bridgehead atoms. The van der Waals surface area contributed by atoms with Gasteiger partial charge in [0.05, 0.1) is 0 Å². The van der Waals surface area contributed by atoms with Crippen LogP contribution in [0.25, 0.3) is 0 Å². The molecule has 1 amide bonds. The van der Waals surface area contributed by atoms with Crippen molar-refractivity contribution in [3.8, 4) is 0 Å². The molecule has 0 radical (unpaired) electrons. The minimum atomic E-state index is -0.483. The van der Waals surface area contributed by atoms with Gasteiger partial charge >= 0.3 is 5.97 Å². The first kappa shape index (κ1) is 30.6. The molecule has 5 aliphatic rings. The molecule has 1 aromatic rings. The Morgan fingerprint density at radius 2 is 1.53 bits per heavy atom. The lowest BCUT2D eigenvalue weighted by molar-refractivity contribution is -0.210. The van der Waals surface area contributed by atoms with E-state index in [0.717, 1.165) is 63.5 Å². The summed E-state index contributed by atoms with van der Waals surface area (Å²) < 4.78 is 5.87. The molecular formula is C38H53NO4. The average molecular weight is 588 g/mol. The van der Waals surface area contributed by atoms with Crippen LogP contribution in [0.4, 0.5) is 5.69 Å². The highest BCUT2D eigenvalue weighted by atomic mass is 16.5. The number of fused-ring (bicyclic) bond motifs is 7. The van der Waals surface area contributed by atoms with Crippen molar-refractivity contribution in [3.63, 3.8) is 0 Å². The van der Waals surface area contributed by atoms with Crippen LogP contribution in [-0.4, -0.2) is 23.8 Å². The van der Waals surface area contributed by atoms with Gasteiger partial charge in [-0.05, 0) is 109 Å². The maximum absolute atomic E-state index is 14.6. The van der Waals surface area contributed by atoms with E-state index in [9.17, 15) is 14.4 Å². The maximum atomic E-state index is 14.6. The number of rotatable bonds is 3. The van der Waals surface area contributed by atoms with Gasteiger partial charge in [0.1, 0.15) is 6.10 Å². The number of allylic oxidation sites excluding steroid dienone is 2. The van der Waals surface area contributed by atoms with Gasteiger partial charge in [-0.2, -0.15) is 0 Å². The molecule has 6 rings (SSSR count). The lowest BCUT2D eigenvalue weighted by Gasteiger charge is -2.70. The Bertz CT molecular complexity index is 1360. The number of carbonyl (C=O) groups excluding carboxylic acids is 3. The Kier molecular flexibility index (Phi) is 6.96. The van der Waals surface area contributed by atoms with Crippen molar-refractivity contribution < 1.29 is 19.1 Å². The number of hydrogen-bond donors (Lipinski definition) is 1. The zero-order valence-electron chi connectivity index (χ0n) is 27.8. The second-order valence-corrected chi connectivity index (χ2v) is 17.0. The molecule has 5 heteroatoms. The van der Waals surface area contributed by atoms with E-state index in [1.807, 2.05) is 30.3 Å². The highest BCUT2D eigenvalue weighted by molar-refractivity contribution is 5.96. The molecule has 5 aliphatic carbocycles. The van der Waals surface area contributed by atoms with Crippen LogP contribution < -0.4 is 5.32 Å². The Balaban J connectivity index is 1.36. The Labute approximate surface area is 259 Å². The zero-order chi connectivity index (χ0) is 31.2. The number of esters is 1. The highest BCUT2D eigenvalue weighted by Crippen LogP contribution is 2.75. The van der Waals surface area contributed by atoms with Crippen molar-refractivity contribution in [1.29, 1.82) is 0 Å². The van der Waals surface area contributed by atoms with Gasteiger partial charge in [0, 0.05) is 29.4 Å². The SMILES string of the molecule is CC(=O)O[C@H]1CC[C@]2(C)[C@H](CC[C@]3(C)[C@@H]2C(=O)C=C2[C@H]4C[C@@](C)(C(=O)Nc5ccccc5)CC[C@]4(C)CC[C@@]23C)C1(C)C. The summed E-state index contributed by atoms with van der Waals surface area (Å²) >= 11 is 0. The van der Waals surface area contributed by atoms with Crippen LogP contribution in [0.2, 0.25) is 0 Å². The van der Waals surface area contributed by atoms with Gasteiger partial charge < -0.3 is 10.1 Å². The molecular weight excluding hydrogens is 534 g/mol. The molecule has 0 heterocycles. The standard InChI is InChI=1S/C38H53NO4/c1-24(40)43-30-15-16-36(6)29(33(30,2)3)14-17-38(8)31(36)28(41)22-26-27-23-35(5,32(42)39-25-12-10-9-11-13-25)19-18-34(27,4)20-21-37(26,38)7/h9-13,22,27,29-31H,14-21,23H2,1-8H3,(H,39,42)/t27-,29-,30+,31-,34-,35+,36-,37+,38-/m1/s1. The molecule has 0 saturated heterocycles. The quantitative estimate of drug-likeness (QED) is 0.360. The van der Waals surface area contributed by atoms with Gasteiger partial charge in [0.2, 0.25) is 5.91 Å². The zero-order valence-corrected chi connectivity index (χ0v) is 27.8. The summed E-state index contributed by atoms with van der Waals surface area (Å²) in [5, 5.41) is 3.21. The Morgan fingerprint density at radius 3 is 2.21 bits per heavy atom. The molecule has 1 N–H and O–H groups in total. The lowest BCUT2D eigenvalue weighted by Crippen LogP contribution is -2.66. The van der Waals surface area contributed by atoms with Gasteiger partial charge in [0.25, 0.3) is 0 Å². The van der Waals surface area contributed by atoms with E-state index in [1.54, 1.807) is 0 Å². The monoisotopic (exact) mass is 587 g/mol. The van der Waals surface area contributed by atoms with Crippen LogP contribution >= 0.6 is 0 Å². The molecule has 43 heavy (non-hydrogen) atoms. The van der Waals surface area contributed by atoms with Gasteiger partial charge in [0.15, 0.2) is 5.78 Å². The number of hydrogen-bond acceptors (Lipinski definition) is 4. The topological polar surface area (TPSA) is 72.5 Å². The summed E-state index contributed by atoms with van der Waals surface area (Å²) in [6.45, 7) is 17.9. The van der Waals surface area contributed by atoms with Crippen molar-refractivity contribution in [3.05, 3.63) is 42.0 Å². The van der Waals surface area contributed by atoms with Crippen LogP contribution in [-0.2, 0) is 19.1 Å². The van der Waals surface area contributed by atoms with E-state index >= 15 is 0 Å². The lowest BCUT2D eigenvalue weighted by atomic mass is 9.33. The van der Waals surface area contributed by atoms with E-state index < -0.39 is 5.41 Å². The summed E-state index contributed by atoms with van der Waals surface area (Å²) in [4.78, 5) is 40.4. The van der Waals surface area contributed by atoms with Crippen LogP contribution in [0.15, 0.2) is 42.0 Å². The fourth-order valence-electron chi connectivity index (χ4n) is 11.6. The molecule has 4 fully saturated rings. The second kappa shape index (κ2) is 9.78. The summed E-state index contributed by atoms with van der Waals surface area (Å²) in [5.74, 6) is 0.667. The molecule has 0 spiro atoms. The molecule has 0 unspecified atom stereocenters. The van der Waals surface area contributed by atoms with Gasteiger partial charge in [-0.15, -0.1) is 0 Å². The van der Waals surface area contributed by atoms with E-state index in [2.05, 4.69) is 59.9 Å². The summed E-state index contributed by atoms with van der Waals surface area (Å²) in [5.41, 5.74) is 1.22. The number of para-hydroxylation sites is 1. The van der Waals surface area contributed by atoms with Gasteiger partial charge in [-0.25, -0.2) is 0 Å². The minimum Gasteiger partial charge on any atom is -0.462 e. The normalized spacial score (nSPS) is 44.9. The molecule has 1 aromatic carbocycles. The van der Waals surface area contributed by atoms with Gasteiger partial charge in [-0.1, -0.05) is 72.2 Å². The van der Waals surface area contributed by atoms with Crippen LogP contribution in [0.3, 0.4) is 0 Å². The number of anilines is 1. The largest absolute Gasteiger partial charge is 0.462 e. The molecule has 5 nitrogen and oxygen atoms in total. The van der Waals surface area contributed by atoms with Gasteiger partial charge in [-0.3, -0.25) is 14.4 Å². The average Bonchev–Trinajstić information content (AvgIpc) is 2.93. The molecule has 9 atom stereocenters. The molecule has 4 saturated carbocycles. The number of nitrogens with one attached hydrogen (secondary N) is 1. The molecule has 234 valence electrons. The van der Waals surface area contributed by atoms with E-state index in [0.29, 0.717) is 11.7 Å². The Hall–Kier alpha value is -2.43. The number of ketones is 1. The number of ether oxygens (including phenoxy) is 1. The molecule has 0 aliphatic heterocycles. The number of benzene rings is 1. The van der Waals surface area contributed by atoms with E-state index in [-0.39, 0.29) is 56.9 Å². The molecule has 0 aromatic heterocycles. The first-order valence-corrected chi connectivity index (χ1v) is 16.8. The van der Waals surface area contributed by atoms with E-state index in [4.69, 9.17) is 4.74 Å². The summed E-state index contributed by atoms with van der Waals surface area (Å²) in [6, 6.07) is 9.78. The number of carbonyl (C=O) groups is 3. The van der Waals surface area contributed by atoms with Crippen LogP contribution in [0.1, 0.15) is 113 Å².